The normalized spacial score (nSPS) is 12.9. The smallest absolute Gasteiger partial charge is 0.208 e. The quantitative estimate of drug-likeness (QED) is 0.782. The second-order valence-electron chi connectivity index (χ2n) is 5.19. The second-order valence-corrected chi connectivity index (χ2v) is 5.19. The molecule has 0 aliphatic carbocycles. The van der Waals surface area contributed by atoms with E-state index in [0.29, 0.717) is 6.54 Å². The summed E-state index contributed by atoms with van der Waals surface area (Å²) in [6.45, 7) is 4.76. The van der Waals surface area contributed by atoms with Gasteiger partial charge in [-0.3, -0.25) is 5.32 Å². The van der Waals surface area contributed by atoms with E-state index in [1.54, 1.807) is 6.20 Å². The fourth-order valence-electron chi connectivity index (χ4n) is 2.48. The zero-order valence-corrected chi connectivity index (χ0v) is 12.6. The predicted molar refractivity (Wildman–Crippen MR) is 81.8 cm³/mol. The highest BCUT2D eigenvalue weighted by Gasteiger charge is 2.14. The fraction of sp³-hybridized carbons (Fsp3) is 0.375. The molecule has 0 amide bonds. The number of imidazole rings is 1. The van der Waals surface area contributed by atoms with E-state index in [1.807, 2.05) is 25.2 Å². The Morgan fingerprint density at radius 2 is 2.14 bits per heavy atom. The molecule has 0 saturated heterocycles. The SMILES string of the molecule is CCc1cnc(CNC(C)c2nc3ccccc3n2C)o1. The van der Waals surface area contributed by atoms with Crippen LogP contribution in [0.15, 0.2) is 34.9 Å². The van der Waals surface area contributed by atoms with Crippen LogP contribution in [0.1, 0.15) is 37.4 Å². The van der Waals surface area contributed by atoms with E-state index in [9.17, 15) is 0 Å². The molecule has 21 heavy (non-hydrogen) atoms. The minimum Gasteiger partial charge on any atom is -0.444 e. The number of nitrogens with zero attached hydrogens (tertiary/aromatic N) is 3. The Hall–Kier alpha value is -2.14. The summed E-state index contributed by atoms with van der Waals surface area (Å²) in [6, 6.07) is 8.29. The number of oxazole rings is 1. The Morgan fingerprint density at radius 3 is 2.86 bits per heavy atom. The van der Waals surface area contributed by atoms with Gasteiger partial charge in [-0.05, 0) is 19.1 Å². The summed E-state index contributed by atoms with van der Waals surface area (Å²) in [4.78, 5) is 8.96. The van der Waals surface area contributed by atoms with Crippen molar-refractivity contribution in [3.63, 3.8) is 0 Å². The molecule has 3 aromatic rings. The van der Waals surface area contributed by atoms with Gasteiger partial charge in [0.2, 0.25) is 5.89 Å². The van der Waals surface area contributed by atoms with Crippen LogP contribution in [0.5, 0.6) is 0 Å². The van der Waals surface area contributed by atoms with Crippen LogP contribution in [0.2, 0.25) is 0 Å². The van der Waals surface area contributed by atoms with E-state index in [1.165, 1.54) is 0 Å². The van der Waals surface area contributed by atoms with Crippen molar-refractivity contribution >= 4 is 11.0 Å². The van der Waals surface area contributed by atoms with Gasteiger partial charge in [0.05, 0.1) is 29.8 Å². The van der Waals surface area contributed by atoms with Gasteiger partial charge in [0.25, 0.3) is 0 Å². The summed E-state index contributed by atoms with van der Waals surface area (Å²) in [5, 5.41) is 3.41. The first-order valence-electron chi connectivity index (χ1n) is 7.27. The molecule has 3 rings (SSSR count). The highest BCUT2D eigenvalue weighted by atomic mass is 16.4. The van der Waals surface area contributed by atoms with Crippen LogP contribution >= 0.6 is 0 Å². The number of rotatable bonds is 5. The molecule has 0 saturated carbocycles. The molecule has 0 fully saturated rings. The summed E-state index contributed by atoms with van der Waals surface area (Å²) >= 11 is 0. The molecule has 5 nitrogen and oxygen atoms in total. The Balaban J connectivity index is 1.74. The molecule has 1 N–H and O–H groups in total. The van der Waals surface area contributed by atoms with Gasteiger partial charge >= 0.3 is 0 Å². The zero-order chi connectivity index (χ0) is 14.8. The molecule has 0 radical (unpaired) electrons. The lowest BCUT2D eigenvalue weighted by Crippen LogP contribution is -2.21. The number of aryl methyl sites for hydroxylation is 2. The van der Waals surface area contributed by atoms with Crippen LogP contribution in [0, 0.1) is 0 Å². The van der Waals surface area contributed by atoms with Gasteiger partial charge in [0.1, 0.15) is 11.6 Å². The van der Waals surface area contributed by atoms with Gasteiger partial charge in [-0.25, -0.2) is 9.97 Å². The largest absolute Gasteiger partial charge is 0.444 e. The van der Waals surface area contributed by atoms with Crippen molar-refractivity contribution in [3.8, 4) is 0 Å². The van der Waals surface area contributed by atoms with Gasteiger partial charge in [-0.1, -0.05) is 19.1 Å². The van der Waals surface area contributed by atoms with E-state index in [2.05, 4.69) is 34.8 Å². The lowest BCUT2D eigenvalue weighted by molar-refractivity contribution is 0.418. The molecule has 2 heterocycles. The average Bonchev–Trinajstić information content (AvgIpc) is 3.10. The molecule has 5 heteroatoms. The van der Waals surface area contributed by atoms with Crippen molar-refractivity contribution in [1.29, 1.82) is 0 Å². The maximum atomic E-state index is 5.61. The molecule has 1 unspecified atom stereocenters. The van der Waals surface area contributed by atoms with Gasteiger partial charge in [-0.2, -0.15) is 0 Å². The lowest BCUT2D eigenvalue weighted by Gasteiger charge is -2.12. The highest BCUT2D eigenvalue weighted by Crippen LogP contribution is 2.19. The number of benzene rings is 1. The van der Waals surface area contributed by atoms with Crippen LogP contribution in [-0.4, -0.2) is 14.5 Å². The van der Waals surface area contributed by atoms with E-state index in [-0.39, 0.29) is 6.04 Å². The summed E-state index contributed by atoms with van der Waals surface area (Å²) in [5.74, 6) is 2.65. The third kappa shape index (κ3) is 2.69. The first kappa shape index (κ1) is 13.8. The van der Waals surface area contributed by atoms with Crippen LogP contribution in [-0.2, 0) is 20.0 Å². The predicted octanol–water partition coefficient (Wildman–Crippen LogP) is 2.97. The van der Waals surface area contributed by atoms with Crippen molar-refractivity contribution in [1.82, 2.24) is 19.9 Å². The number of nitrogens with one attached hydrogen (secondary N) is 1. The second kappa shape index (κ2) is 5.69. The first-order chi connectivity index (χ1) is 10.2. The third-order valence-electron chi connectivity index (χ3n) is 3.72. The van der Waals surface area contributed by atoms with E-state index < -0.39 is 0 Å². The van der Waals surface area contributed by atoms with Crippen LogP contribution in [0.3, 0.4) is 0 Å². The van der Waals surface area contributed by atoms with Crippen molar-refractivity contribution in [2.24, 2.45) is 7.05 Å². The number of hydrogen-bond donors (Lipinski definition) is 1. The molecule has 0 aliphatic rings. The number of hydrogen-bond acceptors (Lipinski definition) is 4. The number of fused-ring (bicyclic) bond motifs is 1. The third-order valence-corrected chi connectivity index (χ3v) is 3.72. The van der Waals surface area contributed by atoms with Crippen LogP contribution < -0.4 is 5.32 Å². The topological polar surface area (TPSA) is 55.9 Å². The van der Waals surface area contributed by atoms with Gasteiger partial charge < -0.3 is 8.98 Å². The molecular formula is C16H20N4O. The zero-order valence-electron chi connectivity index (χ0n) is 12.6. The molecule has 0 aliphatic heterocycles. The lowest BCUT2D eigenvalue weighted by atomic mass is 10.3. The minimum absolute atomic E-state index is 0.124. The highest BCUT2D eigenvalue weighted by molar-refractivity contribution is 5.75. The van der Waals surface area contributed by atoms with Crippen molar-refractivity contribution in [3.05, 3.63) is 47.9 Å². The summed E-state index contributed by atoms with van der Waals surface area (Å²) in [7, 11) is 2.04. The number of para-hydroxylation sites is 2. The molecule has 2 aromatic heterocycles. The van der Waals surface area contributed by atoms with Gasteiger partial charge in [0.15, 0.2) is 0 Å². The van der Waals surface area contributed by atoms with E-state index >= 15 is 0 Å². The maximum absolute atomic E-state index is 5.61. The van der Waals surface area contributed by atoms with Crippen molar-refractivity contribution in [2.45, 2.75) is 32.9 Å². The van der Waals surface area contributed by atoms with Gasteiger partial charge in [-0.15, -0.1) is 0 Å². The number of aromatic nitrogens is 3. The average molecular weight is 284 g/mol. The molecule has 110 valence electrons. The monoisotopic (exact) mass is 284 g/mol. The molecule has 0 spiro atoms. The molecule has 0 bridgehead atoms. The minimum atomic E-state index is 0.124. The summed E-state index contributed by atoms with van der Waals surface area (Å²) in [6.07, 6.45) is 2.66. The summed E-state index contributed by atoms with van der Waals surface area (Å²) < 4.78 is 7.73. The Morgan fingerprint density at radius 1 is 1.33 bits per heavy atom. The van der Waals surface area contributed by atoms with Gasteiger partial charge in [0, 0.05) is 13.5 Å². The van der Waals surface area contributed by atoms with Crippen molar-refractivity contribution < 1.29 is 4.42 Å². The first-order valence-corrected chi connectivity index (χ1v) is 7.27. The molecule has 1 aromatic carbocycles. The van der Waals surface area contributed by atoms with E-state index in [0.717, 1.165) is 34.9 Å². The molecular weight excluding hydrogens is 264 g/mol. The Bertz CT molecular complexity index is 744. The Labute approximate surface area is 124 Å². The maximum Gasteiger partial charge on any atom is 0.208 e. The fourth-order valence-corrected chi connectivity index (χ4v) is 2.48. The van der Waals surface area contributed by atoms with E-state index in [4.69, 9.17) is 9.40 Å². The van der Waals surface area contributed by atoms with Crippen LogP contribution in [0.4, 0.5) is 0 Å². The van der Waals surface area contributed by atoms with Crippen LogP contribution in [0.25, 0.3) is 11.0 Å². The van der Waals surface area contributed by atoms with Crippen molar-refractivity contribution in [2.75, 3.05) is 0 Å². The standard InChI is InChI=1S/C16H20N4O/c1-4-12-9-18-15(21-12)10-17-11(2)16-19-13-7-5-6-8-14(13)20(16)3/h5-9,11,17H,4,10H2,1-3H3. The summed E-state index contributed by atoms with van der Waals surface area (Å²) in [5.41, 5.74) is 2.17. The Kier molecular flexibility index (Phi) is 3.75. The molecule has 1 atom stereocenters.